The Balaban J connectivity index is 1.34. The van der Waals surface area contributed by atoms with Gasteiger partial charge in [0.1, 0.15) is 24.7 Å². The number of ether oxygens (including phenoxy) is 5. The second kappa shape index (κ2) is 25.6. The average Bonchev–Trinajstić information content (AvgIpc) is 3.00. The average molecular weight is 571 g/mol. The van der Waals surface area contributed by atoms with Crippen molar-refractivity contribution in [3.05, 3.63) is 59.7 Å². The fourth-order valence-electron chi connectivity index (χ4n) is 4.70. The third-order valence-corrected chi connectivity index (χ3v) is 7.22. The highest BCUT2D eigenvalue weighted by Crippen LogP contribution is 2.16. The molecule has 0 heterocycles. The zero-order chi connectivity index (χ0) is 29.1. The van der Waals surface area contributed by atoms with Crippen LogP contribution in [-0.2, 0) is 27.1 Å². The SMILES string of the molecule is CCCCCCCCc1ccc(OCCOCCOCCOCCOc2ccc(CCCCCCCC)cc2)cc1. The summed E-state index contributed by atoms with van der Waals surface area (Å²) < 4.78 is 28.4. The van der Waals surface area contributed by atoms with E-state index in [-0.39, 0.29) is 0 Å². The molecule has 41 heavy (non-hydrogen) atoms. The van der Waals surface area contributed by atoms with Gasteiger partial charge in [0, 0.05) is 0 Å². The van der Waals surface area contributed by atoms with E-state index in [4.69, 9.17) is 23.7 Å². The maximum atomic E-state index is 5.78. The van der Waals surface area contributed by atoms with E-state index >= 15 is 0 Å². The summed E-state index contributed by atoms with van der Waals surface area (Å²) in [6.07, 6.45) is 18.3. The molecular formula is C36H58O5. The van der Waals surface area contributed by atoms with Gasteiger partial charge in [-0.1, -0.05) is 102 Å². The van der Waals surface area contributed by atoms with Crippen LogP contribution in [0.4, 0.5) is 0 Å². The standard InChI is InChI=1S/C36H58O5/c1-3-5-7-9-11-13-15-33-17-21-35(22-18-33)40-31-29-38-27-25-37-26-28-39-30-32-41-36-23-19-34(20-24-36)16-14-12-10-8-6-4-2/h17-24H,3-16,25-32H2,1-2H3. The second-order valence-corrected chi connectivity index (χ2v) is 10.9. The molecule has 0 N–H and O–H groups in total. The molecule has 0 spiro atoms. The first-order chi connectivity index (χ1) is 20.3. The normalized spacial score (nSPS) is 11.2. The van der Waals surface area contributed by atoms with Gasteiger partial charge in [0.05, 0.1) is 39.6 Å². The first-order valence-corrected chi connectivity index (χ1v) is 16.5. The monoisotopic (exact) mass is 570 g/mol. The van der Waals surface area contributed by atoms with E-state index in [0.717, 1.165) is 24.3 Å². The maximum Gasteiger partial charge on any atom is 0.119 e. The lowest BCUT2D eigenvalue weighted by atomic mass is 10.0. The van der Waals surface area contributed by atoms with Crippen molar-refractivity contribution < 1.29 is 23.7 Å². The van der Waals surface area contributed by atoms with E-state index in [9.17, 15) is 0 Å². The molecule has 0 aromatic heterocycles. The minimum absolute atomic E-state index is 0.543. The molecular weight excluding hydrogens is 512 g/mol. The fraction of sp³-hybridized carbons (Fsp3) is 0.667. The molecule has 232 valence electrons. The lowest BCUT2D eigenvalue weighted by molar-refractivity contribution is 0.00499. The Kier molecular flexibility index (Phi) is 21.9. The van der Waals surface area contributed by atoms with Gasteiger partial charge in [-0.3, -0.25) is 0 Å². The summed E-state index contributed by atoms with van der Waals surface area (Å²) in [7, 11) is 0. The molecule has 0 fully saturated rings. The molecule has 0 aliphatic heterocycles. The van der Waals surface area contributed by atoms with Gasteiger partial charge < -0.3 is 23.7 Å². The summed E-state index contributed by atoms with van der Waals surface area (Å²) in [6, 6.07) is 17.0. The molecule has 0 aliphatic rings. The third-order valence-electron chi connectivity index (χ3n) is 7.22. The summed E-state index contributed by atoms with van der Waals surface area (Å²) in [5.41, 5.74) is 2.78. The highest BCUT2D eigenvalue weighted by molar-refractivity contribution is 5.28. The van der Waals surface area contributed by atoms with Crippen LogP contribution in [0.25, 0.3) is 0 Å². The van der Waals surface area contributed by atoms with Crippen LogP contribution in [0.2, 0.25) is 0 Å². The Morgan fingerprint density at radius 2 is 0.683 bits per heavy atom. The topological polar surface area (TPSA) is 46.2 Å². The molecule has 2 aromatic rings. The molecule has 0 amide bonds. The van der Waals surface area contributed by atoms with Crippen molar-refractivity contribution in [2.45, 2.75) is 104 Å². The van der Waals surface area contributed by atoms with Crippen LogP contribution in [0.1, 0.15) is 102 Å². The first kappa shape index (κ1) is 35.1. The molecule has 0 bridgehead atoms. The van der Waals surface area contributed by atoms with Crippen molar-refractivity contribution in [2.75, 3.05) is 52.9 Å². The van der Waals surface area contributed by atoms with Crippen molar-refractivity contribution >= 4 is 0 Å². The Morgan fingerprint density at radius 3 is 1.05 bits per heavy atom. The highest BCUT2D eigenvalue weighted by Gasteiger charge is 2.00. The second-order valence-electron chi connectivity index (χ2n) is 10.9. The Morgan fingerprint density at radius 1 is 0.366 bits per heavy atom. The lowest BCUT2D eigenvalue weighted by Gasteiger charge is -2.10. The predicted octanol–water partition coefficient (Wildman–Crippen LogP) is 9.00. The fourth-order valence-corrected chi connectivity index (χ4v) is 4.70. The summed E-state index contributed by atoms with van der Waals surface area (Å²) in [6.45, 7) is 8.93. The van der Waals surface area contributed by atoms with E-state index in [1.165, 1.54) is 88.2 Å². The predicted molar refractivity (Wildman–Crippen MR) is 170 cm³/mol. The molecule has 5 heteroatoms. The molecule has 2 aromatic carbocycles. The quantitative estimate of drug-likeness (QED) is 0.0955. The first-order valence-electron chi connectivity index (χ1n) is 16.5. The molecule has 2 rings (SSSR count). The van der Waals surface area contributed by atoms with Crippen LogP contribution in [0, 0.1) is 0 Å². The van der Waals surface area contributed by atoms with Gasteiger partial charge in [-0.25, -0.2) is 0 Å². The number of aryl methyl sites for hydroxylation is 2. The van der Waals surface area contributed by atoms with Crippen LogP contribution in [0.5, 0.6) is 11.5 Å². The van der Waals surface area contributed by atoms with Gasteiger partial charge in [-0.2, -0.15) is 0 Å². The van der Waals surface area contributed by atoms with Gasteiger partial charge >= 0.3 is 0 Å². The maximum absolute atomic E-state index is 5.78. The third kappa shape index (κ3) is 19.6. The van der Waals surface area contributed by atoms with Crippen molar-refractivity contribution in [3.63, 3.8) is 0 Å². The van der Waals surface area contributed by atoms with E-state index in [2.05, 4.69) is 62.4 Å². The number of unbranched alkanes of at least 4 members (excludes halogenated alkanes) is 10. The summed E-state index contributed by atoms with van der Waals surface area (Å²) >= 11 is 0. The van der Waals surface area contributed by atoms with E-state index in [1.54, 1.807) is 0 Å². The molecule has 0 atom stereocenters. The zero-order valence-electron chi connectivity index (χ0n) is 26.2. The number of hydrogen-bond acceptors (Lipinski definition) is 5. The molecule has 0 aliphatic carbocycles. The Bertz CT molecular complexity index is 751. The van der Waals surface area contributed by atoms with Gasteiger partial charge in [0.15, 0.2) is 0 Å². The van der Waals surface area contributed by atoms with Crippen LogP contribution in [0.3, 0.4) is 0 Å². The number of rotatable bonds is 28. The van der Waals surface area contributed by atoms with E-state index in [0.29, 0.717) is 52.9 Å². The number of benzene rings is 2. The van der Waals surface area contributed by atoms with Gasteiger partial charge in [-0.05, 0) is 61.1 Å². The van der Waals surface area contributed by atoms with Crippen LogP contribution < -0.4 is 9.47 Å². The minimum atomic E-state index is 0.543. The van der Waals surface area contributed by atoms with E-state index in [1.807, 2.05) is 0 Å². The smallest absolute Gasteiger partial charge is 0.119 e. The van der Waals surface area contributed by atoms with Crippen LogP contribution in [-0.4, -0.2) is 52.9 Å². The molecule has 5 nitrogen and oxygen atoms in total. The van der Waals surface area contributed by atoms with Gasteiger partial charge in [0.25, 0.3) is 0 Å². The molecule has 0 saturated heterocycles. The largest absolute Gasteiger partial charge is 0.491 e. The summed E-state index contributed by atoms with van der Waals surface area (Å²) in [5.74, 6) is 1.80. The number of hydrogen-bond donors (Lipinski definition) is 0. The molecule has 0 radical (unpaired) electrons. The minimum Gasteiger partial charge on any atom is -0.491 e. The van der Waals surface area contributed by atoms with Crippen molar-refractivity contribution in [2.24, 2.45) is 0 Å². The zero-order valence-corrected chi connectivity index (χ0v) is 26.2. The van der Waals surface area contributed by atoms with Gasteiger partial charge in [0.2, 0.25) is 0 Å². The lowest BCUT2D eigenvalue weighted by Crippen LogP contribution is -2.14. The van der Waals surface area contributed by atoms with Gasteiger partial charge in [-0.15, -0.1) is 0 Å². The Labute approximate surface area is 251 Å². The summed E-state index contributed by atoms with van der Waals surface area (Å²) in [4.78, 5) is 0. The van der Waals surface area contributed by atoms with Crippen molar-refractivity contribution in [3.8, 4) is 11.5 Å². The molecule has 0 unspecified atom stereocenters. The van der Waals surface area contributed by atoms with Crippen molar-refractivity contribution in [1.82, 2.24) is 0 Å². The summed E-state index contributed by atoms with van der Waals surface area (Å²) in [5, 5.41) is 0. The van der Waals surface area contributed by atoms with Crippen LogP contribution >= 0.6 is 0 Å². The highest BCUT2D eigenvalue weighted by atomic mass is 16.6. The van der Waals surface area contributed by atoms with E-state index < -0.39 is 0 Å². The van der Waals surface area contributed by atoms with Crippen LogP contribution in [0.15, 0.2) is 48.5 Å². The van der Waals surface area contributed by atoms with Crippen molar-refractivity contribution in [1.29, 1.82) is 0 Å². The Hall–Kier alpha value is -2.08. The molecule has 0 saturated carbocycles.